The molecule has 0 aliphatic carbocycles. The fourth-order valence-electron chi connectivity index (χ4n) is 0. The Bertz CT molecular complexity index is 431. The van der Waals surface area contributed by atoms with Crippen LogP contribution in [0.1, 0.15) is 0 Å². The van der Waals surface area contributed by atoms with E-state index in [-0.39, 0.29) is 78.6 Å². The van der Waals surface area contributed by atoms with Crippen LogP contribution in [-0.2, 0) is 102 Å². The van der Waals surface area contributed by atoms with Crippen molar-refractivity contribution in [3.8, 4) is 0 Å². The van der Waals surface area contributed by atoms with Crippen LogP contribution in [0.2, 0.25) is 0 Å². The molecule has 0 bridgehead atoms. The molecule has 18 nitrogen and oxygen atoms in total. The molecule has 156 valence electrons. The summed E-state index contributed by atoms with van der Waals surface area (Å²) in [6.45, 7) is 3.09. The Kier molecular flexibility index (Phi) is 47.7. The minimum Gasteiger partial charge on any atom is -0.822 e. The fraction of sp³-hybridized carbons (Fsp3) is 0. The number of amides is 1. The third-order valence-electron chi connectivity index (χ3n) is 0.201. The van der Waals surface area contributed by atoms with Crippen molar-refractivity contribution in [1.29, 1.82) is 0 Å². The van der Waals surface area contributed by atoms with E-state index in [1.807, 2.05) is 0 Å². The number of hydrogen-bond acceptors (Lipinski definition) is 17. The van der Waals surface area contributed by atoms with E-state index < -0.39 is 37.2 Å². The van der Waals surface area contributed by atoms with Gasteiger partial charge in [-0.1, -0.05) is 6.58 Å². The van der Waals surface area contributed by atoms with Gasteiger partial charge in [-0.15, -0.1) is 0 Å². The zero-order valence-corrected chi connectivity index (χ0v) is 23.5. The van der Waals surface area contributed by atoms with E-state index in [4.69, 9.17) is 77.0 Å². The molecule has 0 unspecified atom stereocenters. The quantitative estimate of drug-likeness (QED) is 0.194. The largest absolute Gasteiger partial charge is 4.00 e. The zero-order valence-electron chi connectivity index (χ0n) is 12.6. The monoisotopic (exact) mass is 721 g/mol. The third-order valence-corrected chi connectivity index (χ3v) is 0.201. The van der Waals surface area contributed by atoms with Gasteiger partial charge in [0.05, 0.1) is 0 Å². The molecule has 0 heterocycles. The van der Waals surface area contributed by atoms with Gasteiger partial charge in [-0.05, 0) is 6.08 Å². The van der Waals surface area contributed by atoms with Crippen molar-refractivity contribution in [3.63, 3.8) is 0 Å². The molecule has 0 rings (SSSR count). The summed E-state index contributed by atoms with van der Waals surface area (Å²) in [6.07, 6.45) is 1.06. The van der Waals surface area contributed by atoms with Crippen LogP contribution in [0.4, 0.5) is 0 Å². The number of nitrogens with two attached hydrogens (primary N) is 1. The van der Waals surface area contributed by atoms with Crippen molar-refractivity contribution < 1.29 is 160 Å². The second kappa shape index (κ2) is 25.6. The van der Waals surface area contributed by atoms with Gasteiger partial charge in [-0.25, -0.2) is 0 Å². The predicted octanol–water partition coefficient (Wildman–Crippen LogP) is -11.6. The first-order valence-electron chi connectivity index (χ1n) is 4.11. The Labute approximate surface area is 214 Å². The molecule has 0 aromatic heterocycles. The van der Waals surface area contributed by atoms with Crippen molar-refractivity contribution in [2.45, 2.75) is 0 Å². The van der Waals surface area contributed by atoms with Crippen molar-refractivity contribution in [2.75, 3.05) is 0 Å². The van der Waals surface area contributed by atoms with E-state index in [1.54, 1.807) is 0 Å². The van der Waals surface area contributed by atoms with E-state index in [2.05, 4.69) is 12.3 Å². The maximum atomic E-state index is 9.47. The van der Waals surface area contributed by atoms with Crippen LogP contribution in [0.25, 0.3) is 0 Å². The minimum absolute atomic E-state index is 0. The molecule has 2 N–H and O–H groups in total. The third kappa shape index (κ3) is 1140. The Morgan fingerprint density at radius 3 is 0.607 bits per heavy atom. The number of carbonyl (C=O) groups excluding carboxylic acids is 1. The van der Waals surface area contributed by atoms with Crippen LogP contribution >= 0.6 is 31.3 Å². The SMILES string of the molecule is C=CC(N)=O.O=P([O-])([O-])[O-].O=P([O-])([O-])[O-].O=P([O-])([O-])[O-].O=P([O-])([O-])[O-].[Zr+4].[Zr+4].[Zr+4]. The summed E-state index contributed by atoms with van der Waals surface area (Å²) in [7, 11) is -21.6. The first-order chi connectivity index (χ1) is 10.3. The Hall–Kier alpha value is 2.30. The van der Waals surface area contributed by atoms with Crippen molar-refractivity contribution in [3.05, 3.63) is 12.7 Å². The molecule has 0 saturated carbocycles. The average molecular weight is 725 g/mol. The standard InChI is InChI=1S/C3H5NO.4H3O4P.3Zr/c1-2-3(4)5;4*1-5(2,3)4;;;/h2H,1H2,(H2,4,5);4*(H3,1,2,3,4);;;/q;;;;;3*+4/p-12. The van der Waals surface area contributed by atoms with Gasteiger partial charge < -0.3 is 82.7 Å². The van der Waals surface area contributed by atoms with Crippen molar-refractivity contribution >= 4 is 37.2 Å². The first kappa shape index (κ1) is 52.3. The molecule has 0 atom stereocenters. The molecule has 28 heavy (non-hydrogen) atoms. The fourth-order valence-corrected chi connectivity index (χ4v) is 0. The smallest absolute Gasteiger partial charge is 0.822 e. The van der Waals surface area contributed by atoms with E-state index in [0.717, 1.165) is 6.08 Å². The van der Waals surface area contributed by atoms with Crippen LogP contribution in [-0.4, -0.2) is 5.91 Å². The van der Waals surface area contributed by atoms with Gasteiger partial charge in [0.15, 0.2) is 0 Å². The summed E-state index contributed by atoms with van der Waals surface area (Å²) < 4.78 is 34.2. The van der Waals surface area contributed by atoms with Gasteiger partial charge in [0.1, 0.15) is 0 Å². The molecule has 0 fully saturated rings. The second-order valence-corrected chi connectivity index (χ2v) is 5.97. The van der Waals surface area contributed by atoms with Crippen LogP contribution in [0.15, 0.2) is 12.7 Å². The molecule has 25 heteroatoms. The number of phosphoric acid groups is 4. The summed E-state index contributed by atoms with van der Waals surface area (Å²) in [5.41, 5.74) is 4.53. The van der Waals surface area contributed by atoms with E-state index in [0.29, 0.717) is 0 Å². The summed E-state index contributed by atoms with van der Waals surface area (Å²) in [6, 6.07) is 0. The molecule has 1 amide bonds. The van der Waals surface area contributed by atoms with Crippen molar-refractivity contribution in [1.82, 2.24) is 0 Å². The Morgan fingerprint density at radius 1 is 0.571 bits per heavy atom. The maximum absolute atomic E-state index is 9.47. The molecule has 0 spiro atoms. The maximum Gasteiger partial charge on any atom is 4.00 e. The predicted molar refractivity (Wildman–Crippen MR) is 49.8 cm³/mol. The van der Waals surface area contributed by atoms with Gasteiger partial charge in [0, 0.05) is 0 Å². The van der Waals surface area contributed by atoms with E-state index in [9.17, 15) is 4.79 Å². The number of hydrogen-bond donors (Lipinski definition) is 1. The van der Waals surface area contributed by atoms with E-state index in [1.165, 1.54) is 0 Å². The number of primary amides is 1. The van der Waals surface area contributed by atoms with Crippen molar-refractivity contribution in [2.24, 2.45) is 5.73 Å². The summed E-state index contributed by atoms with van der Waals surface area (Å²) in [4.78, 5) is 112. The molecule has 0 aliphatic rings. The molecular weight excluding hydrogens is 720 g/mol. The average Bonchev–Trinajstić information content (AvgIpc) is 2.05. The Balaban J connectivity index is -0.0000000290. The summed E-state index contributed by atoms with van der Waals surface area (Å²) >= 11 is 0. The topological polar surface area (TPSA) is 388 Å². The second-order valence-electron chi connectivity index (χ2n) is 2.40. The van der Waals surface area contributed by atoms with Crippen LogP contribution in [0.3, 0.4) is 0 Å². The minimum atomic E-state index is -5.39. The summed E-state index contributed by atoms with van der Waals surface area (Å²) in [5, 5.41) is 0. The number of rotatable bonds is 1. The molecule has 0 aliphatic heterocycles. The molecule has 0 radical (unpaired) electrons. The van der Waals surface area contributed by atoms with Crippen LogP contribution < -0.4 is 64.5 Å². The first-order valence-corrected chi connectivity index (χ1v) is 9.95. The molecule has 0 aromatic rings. The molecule has 0 saturated heterocycles. The normalized spacial score (nSPS) is 9.57. The van der Waals surface area contributed by atoms with Gasteiger partial charge in [0.25, 0.3) is 0 Å². The van der Waals surface area contributed by atoms with Crippen LogP contribution in [0, 0.1) is 0 Å². The van der Waals surface area contributed by atoms with Gasteiger partial charge >= 0.3 is 78.6 Å². The van der Waals surface area contributed by atoms with Gasteiger partial charge in [0.2, 0.25) is 5.91 Å². The van der Waals surface area contributed by atoms with Crippen LogP contribution in [0.5, 0.6) is 0 Å². The van der Waals surface area contributed by atoms with Gasteiger partial charge in [-0.3, -0.25) is 4.79 Å². The number of carbonyl (C=O) groups is 1. The molecular formula is C3H5NO17P4Zr3. The summed E-state index contributed by atoms with van der Waals surface area (Å²) in [5.74, 6) is -0.481. The van der Waals surface area contributed by atoms with E-state index >= 15 is 0 Å². The molecule has 0 aromatic carbocycles. The van der Waals surface area contributed by atoms with Gasteiger partial charge in [-0.2, -0.15) is 31.3 Å². The zero-order chi connectivity index (χ0) is 22.3. The Morgan fingerprint density at radius 2 is 0.607 bits per heavy atom.